The van der Waals surface area contributed by atoms with Gasteiger partial charge in [0.15, 0.2) is 0 Å². The summed E-state index contributed by atoms with van der Waals surface area (Å²) in [5.41, 5.74) is 2.16. The smallest absolute Gasteiger partial charge is 0.134 e. The number of aryl methyl sites for hydroxylation is 1. The molecule has 1 aliphatic carbocycles. The van der Waals surface area contributed by atoms with Crippen molar-refractivity contribution in [1.29, 1.82) is 0 Å². The van der Waals surface area contributed by atoms with Crippen LogP contribution in [0.2, 0.25) is 0 Å². The second-order valence-electron chi connectivity index (χ2n) is 5.50. The van der Waals surface area contributed by atoms with Crippen LogP contribution in [-0.2, 0) is 13.0 Å². The molecule has 1 aromatic heterocycles. The summed E-state index contributed by atoms with van der Waals surface area (Å²) in [5, 5.41) is 14.3. The number of benzene rings is 1. The zero-order valence-corrected chi connectivity index (χ0v) is 11.4. The van der Waals surface area contributed by atoms with E-state index in [0.717, 1.165) is 37.2 Å². The Kier molecular flexibility index (Phi) is 3.33. The number of aliphatic hydroxyl groups excluding tert-OH is 1. The molecule has 3 heteroatoms. The second kappa shape index (κ2) is 4.99. The predicted molar refractivity (Wildman–Crippen MR) is 76.1 cm³/mol. The highest BCUT2D eigenvalue weighted by molar-refractivity contribution is 5.82. The van der Waals surface area contributed by atoms with E-state index in [1.165, 1.54) is 17.4 Å². The fourth-order valence-corrected chi connectivity index (χ4v) is 2.90. The zero-order valence-electron chi connectivity index (χ0n) is 11.4. The number of furan rings is 1. The van der Waals surface area contributed by atoms with Gasteiger partial charge in [-0.05, 0) is 25.3 Å². The first-order valence-electron chi connectivity index (χ1n) is 7.13. The molecular formula is C16H21NO2. The van der Waals surface area contributed by atoms with Gasteiger partial charge in [-0.25, -0.2) is 0 Å². The molecule has 3 rings (SSSR count). The van der Waals surface area contributed by atoms with Gasteiger partial charge in [-0.2, -0.15) is 0 Å². The van der Waals surface area contributed by atoms with Gasteiger partial charge < -0.3 is 14.8 Å². The molecule has 0 atom stereocenters. The summed E-state index contributed by atoms with van der Waals surface area (Å²) in [6.07, 6.45) is 4.25. The summed E-state index contributed by atoms with van der Waals surface area (Å²) in [5.74, 6) is 1.06. The lowest BCUT2D eigenvalue weighted by Gasteiger charge is -2.41. The van der Waals surface area contributed by atoms with Gasteiger partial charge in [0, 0.05) is 29.5 Å². The maximum atomic E-state index is 9.52. The number of aliphatic hydroxyl groups is 1. The summed E-state index contributed by atoms with van der Waals surface area (Å²) in [7, 11) is 0. The van der Waals surface area contributed by atoms with Crippen LogP contribution in [-0.4, -0.2) is 17.3 Å². The Balaban J connectivity index is 1.87. The average molecular weight is 259 g/mol. The van der Waals surface area contributed by atoms with Gasteiger partial charge in [-0.3, -0.25) is 0 Å². The van der Waals surface area contributed by atoms with Crippen LogP contribution in [0.1, 0.15) is 37.5 Å². The van der Waals surface area contributed by atoms with Crippen LogP contribution >= 0.6 is 0 Å². The van der Waals surface area contributed by atoms with Gasteiger partial charge in [-0.1, -0.05) is 25.1 Å². The van der Waals surface area contributed by atoms with Gasteiger partial charge in [0.2, 0.25) is 0 Å². The molecule has 1 aromatic carbocycles. The third-order valence-electron chi connectivity index (χ3n) is 4.36. The van der Waals surface area contributed by atoms with Gasteiger partial charge in [-0.15, -0.1) is 0 Å². The average Bonchev–Trinajstić information content (AvgIpc) is 2.76. The minimum absolute atomic E-state index is 0.0522. The third-order valence-corrected chi connectivity index (χ3v) is 4.36. The Morgan fingerprint density at radius 3 is 2.74 bits per heavy atom. The molecule has 1 fully saturated rings. The largest absolute Gasteiger partial charge is 0.461 e. The molecule has 0 bridgehead atoms. The van der Waals surface area contributed by atoms with E-state index in [-0.39, 0.29) is 12.1 Å². The second-order valence-corrected chi connectivity index (χ2v) is 5.50. The summed E-state index contributed by atoms with van der Waals surface area (Å²) >= 11 is 0. The standard InChI is InChI=1S/C16H21NO2/c1-2-14-13(10-17-16(11-18)8-5-9-16)12-6-3-4-7-15(12)19-14/h3-4,6-7,17-18H,2,5,8-11H2,1H3. The van der Waals surface area contributed by atoms with Crippen LogP contribution < -0.4 is 5.32 Å². The highest BCUT2D eigenvalue weighted by Crippen LogP contribution is 2.33. The number of rotatable bonds is 5. The number of hydrogen-bond donors (Lipinski definition) is 2. The van der Waals surface area contributed by atoms with Crippen LogP contribution in [0.25, 0.3) is 11.0 Å². The van der Waals surface area contributed by atoms with Crippen LogP contribution in [0.5, 0.6) is 0 Å². The molecule has 3 nitrogen and oxygen atoms in total. The molecule has 19 heavy (non-hydrogen) atoms. The zero-order chi connectivity index (χ0) is 13.3. The van der Waals surface area contributed by atoms with Crippen molar-refractivity contribution in [2.45, 2.75) is 44.7 Å². The highest BCUT2D eigenvalue weighted by atomic mass is 16.3. The molecule has 0 spiro atoms. The molecule has 0 aliphatic heterocycles. The maximum Gasteiger partial charge on any atom is 0.134 e. The number of hydrogen-bond acceptors (Lipinski definition) is 3. The third kappa shape index (κ3) is 2.17. The lowest BCUT2D eigenvalue weighted by Crippen LogP contribution is -2.53. The fourth-order valence-electron chi connectivity index (χ4n) is 2.90. The molecule has 0 amide bonds. The lowest BCUT2D eigenvalue weighted by molar-refractivity contribution is 0.0871. The fraction of sp³-hybridized carbons (Fsp3) is 0.500. The Morgan fingerprint density at radius 2 is 2.11 bits per heavy atom. The molecule has 1 aliphatic rings. The first-order valence-corrected chi connectivity index (χ1v) is 7.13. The minimum atomic E-state index is -0.0522. The Bertz CT molecular complexity index is 564. The molecule has 0 unspecified atom stereocenters. The van der Waals surface area contributed by atoms with Crippen LogP contribution in [0.15, 0.2) is 28.7 Å². The Morgan fingerprint density at radius 1 is 1.32 bits per heavy atom. The maximum absolute atomic E-state index is 9.52. The predicted octanol–water partition coefficient (Wildman–Crippen LogP) is 3.00. The van der Waals surface area contributed by atoms with E-state index in [9.17, 15) is 5.11 Å². The molecule has 1 saturated carbocycles. The van der Waals surface area contributed by atoms with Crippen molar-refractivity contribution in [2.75, 3.05) is 6.61 Å². The SMILES string of the molecule is CCc1oc2ccccc2c1CNC1(CO)CCC1. The van der Waals surface area contributed by atoms with Gasteiger partial charge >= 0.3 is 0 Å². The summed E-state index contributed by atoms with van der Waals surface area (Å²) in [4.78, 5) is 0. The van der Waals surface area contributed by atoms with E-state index >= 15 is 0 Å². The van der Waals surface area contributed by atoms with E-state index in [0.29, 0.717) is 0 Å². The normalized spacial score (nSPS) is 17.6. The molecule has 102 valence electrons. The van der Waals surface area contributed by atoms with Crippen molar-refractivity contribution < 1.29 is 9.52 Å². The lowest BCUT2D eigenvalue weighted by atomic mass is 9.77. The molecular weight excluding hydrogens is 238 g/mol. The molecule has 2 N–H and O–H groups in total. The van der Waals surface area contributed by atoms with E-state index in [1.54, 1.807) is 0 Å². The number of fused-ring (bicyclic) bond motifs is 1. The van der Waals surface area contributed by atoms with Crippen molar-refractivity contribution in [3.63, 3.8) is 0 Å². The monoisotopic (exact) mass is 259 g/mol. The van der Waals surface area contributed by atoms with E-state index in [1.807, 2.05) is 18.2 Å². The first-order chi connectivity index (χ1) is 9.28. The molecule has 2 aromatic rings. The van der Waals surface area contributed by atoms with Crippen molar-refractivity contribution in [3.8, 4) is 0 Å². The van der Waals surface area contributed by atoms with Crippen LogP contribution in [0.4, 0.5) is 0 Å². The Hall–Kier alpha value is -1.32. The number of nitrogens with one attached hydrogen (secondary N) is 1. The van der Waals surface area contributed by atoms with Crippen molar-refractivity contribution >= 4 is 11.0 Å². The molecule has 0 radical (unpaired) electrons. The minimum Gasteiger partial charge on any atom is -0.461 e. The summed E-state index contributed by atoms with van der Waals surface area (Å²) in [6.45, 7) is 3.12. The van der Waals surface area contributed by atoms with E-state index < -0.39 is 0 Å². The van der Waals surface area contributed by atoms with E-state index in [2.05, 4.69) is 18.3 Å². The summed E-state index contributed by atoms with van der Waals surface area (Å²) < 4.78 is 5.90. The van der Waals surface area contributed by atoms with Crippen LogP contribution in [0.3, 0.4) is 0 Å². The molecule has 1 heterocycles. The van der Waals surface area contributed by atoms with Crippen molar-refractivity contribution in [1.82, 2.24) is 5.32 Å². The van der Waals surface area contributed by atoms with Gasteiger partial charge in [0.1, 0.15) is 11.3 Å². The van der Waals surface area contributed by atoms with Crippen LogP contribution in [0, 0.1) is 0 Å². The van der Waals surface area contributed by atoms with E-state index in [4.69, 9.17) is 4.42 Å². The van der Waals surface area contributed by atoms with Gasteiger partial charge in [0.25, 0.3) is 0 Å². The van der Waals surface area contributed by atoms with Crippen molar-refractivity contribution in [3.05, 3.63) is 35.6 Å². The Labute approximate surface area is 113 Å². The number of para-hydroxylation sites is 1. The topological polar surface area (TPSA) is 45.4 Å². The molecule has 0 saturated heterocycles. The summed E-state index contributed by atoms with van der Waals surface area (Å²) in [6, 6.07) is 8.18. The highest BCUT2D eigenvalue weighted by Gasteiger charge is 2.35. The first kappa shape index (κ1) is 12.7. The van der Waals surface area contributed by atoms with Crippen molar-refractivity contribution in [2.24, 2.45) is 0 Å². The quantitative estimate of drug-likeness (QED) is 0.867. The van der Waals surface area contributed by atoms with Gasteiger partial charge in [0.05, 0.1) is 6.61 Å².